The average molecular weight is 344 g/mol. The van der Waals surface area contributed by atoms with Crippen LogP contribution in [0.2, 0.25) is 0 Å². The van der Waals surface area contributed by atoms with Gasteiger partial charge < -0.3 is 9.84 Å². The topological polar surface area (TPSA) is 46.5 Å². The van der Waals surface area contributed by atoms with Gasteiger partial charge in [-0.05, 0) is 54.3 Å². The zero-order valence-electron chi connectivity index (χ0n) is 14.3. The first kappa shape index (κ1) is 17.5. The zero-order chi connectivity index (χ0) is 18.2. The number of rotatable bonds is 7. The summed E-state index contributed by atoms with van der Waals surface area (Å²) in [5.74, 6) is 0.794. The van der Waals surface area contributed by atoms with Crippen LogP contribution >= 0.6 is 0 Å². The van der Waals surface area contributed by atoms with Gasteiger partial charge in [0.05, 0.1) is 5.56 Å². The molecule has 0 bridgehead atoms. The van der Waals surface area contributed by atoms with Crippen molar-refractivity contribution >= 4 is 12.0 Å². The summed E-state index contributed by atoms with van der Waals surface area (Å²) in [7, 11) is 0. The number of aromatic carboxylic acids is 1. The number of allylic oxidation sites excluding steroid dienone is 1. The lowest BCUT2D eigenvalue weighted by molar-refractivity contribution is 0.0697. The molecule has 3 rings (SSSR count). The van der Waals surface area contributed by atoms with Gasteiger partial charge in [-0.2, -0.15) is 0 Å². The highest BCUT2D eigenvalue weighted by Gasteiger charge is 2.03. The number of para-hydroxylation sites is 2. The molecule has 0 radical (unpaired) electrons. The normalized spacial score (nSPS) is 10.8. The number of carboxylic acid groups (broad SMARTS) is 1. The second kappa shape index (κ2) is 8.67. The summed E-state index contributed by atoms with van der Waals surface area (Å²) < 4.78 is 5.98. The molecule has 0 spiro atoms. The first-order valence-corrected chi connectivity index (χ1v) is 8.53. The van der Waals surface area contributed by atoms with Gasteiger partial charge in [-0.25, -0.2) is 4.79 Å². The molecule has 0 amide bonds. The summed E-state index contributed by atoms with van der Waals surface area (Å²) in [6.07, 6.45) is 5.84. The Morgan fingerprint density at radius 3 is 2.31 bits per heavy atom. The van der Waals surface area contributed by atoms with E-state index in [0.29, 0.717) is 5.56 Å². The Morgan fingerprint density at radius 1 is 0.885 bits per heavy atom. The van der Waals surface area contributed by atoms with Crippen LogP contribution in [0.5, 0.6) is 11.5 Å². The zero-order valence-corrected chi connectivity index (χ0v) is 14.3. The van der Waals surface area contributed by atoms with Crippen molar-refractivity contribution < 1.29 is 14.6 Å². The van der Waals surface area contributed by atoms with E-state index in [1.54, 1.807) is 12.1 Å². The SMILES string of the molecule is O=C(O)c1ccc(C=CCCc2ccccc2Oc2ccccc2)cc1. The predicted octanol–water partition coefficient (Wildman–Crippen LogP) is 5.82. The molecule has 0 atom stereocenters. The third kappa shape index (κ3) is 4.84. The molecule has 0 aliphatic carbocycles. The van der Waals surface area contributed by atoms with Gasteiger partial charge in [0, 0.05) is 0 Å². The van der Waals surface area contributed by atoms with Gasteiger partial charge in [0.15, 0.2) is 0 Å². The molecule has 0 saturated carbocycles. The molecule has 0 aliphatic rings. The van der Waals surface area contributed by atoms with Crippen molar-refractivity contribution in [2.75, 3.05) is 0 Å². The standard InChI is InChI=1S/C23H20O3/c24-23(25)20-16-14-18(15-17-20)8-4-5-9-19-10-6-7-13-22(19)26-21-11-2-1-3-12-21/h1-4,6-8,10-17H,5,9H2,(H,24,25). The van der Waals surface area contributed by atoms with E-state index in [0.717, 1.165) is 35.5 Å². The van der Waals surface area contributed by atoms with Crippen molar-refractivity contribution in [3.05, 3.63) is 102 Å². The Morgan fingerprint density at radius 2 is 1.58 bits per heavy atom. The average Bonchev–Trinajstić information content (AvgIpc) is 2.67. The van der Waals surface area contributed by atoms with Gasteiger partial charge in [-0.3, -0.25) is 0 Å². The lowest BCUT2D eigenvalue weighted by atomic mass is 10.1. The van der Waals surface area contributed by atoms with Crippen LogP contribution in [-0.4, -0.2) is 11.1 Å². The monoisotopic (exact) mass is 344 g/mol. The molecule has 3 aromatic carbocycles. The maximum atomic E-state index is 10.9. The molecule has 3 aromatic rings. The molecule has 3 nitrogen and oxygen atoms in total. The van der Waals surface area contributed by atoms with Crippen LogP contribution in [-0.2, 0) is 6.42 Å². The Hall–Kier alpha value is -3.33. The van der Waals surface area contributed by atoms with Crippen molar-refractivity contribution in [3.63, 3.8) is 0 Å². The molecule has 0 fully saturated rings. The first-order valence-electron chi connectivity index (χ1n) is 8.53. The van der Waals surface area contributed by atoms with Gasteiger partial charge >= 0.3 is 5.97 Å². The number of aryl methyl sites for hydroxylation is 1. The summed E-state index contributed by atoms with van der Waals surface area (Å²) in [5.41, 5.74) is 2.44. The number of carbonyl (C=O) groups is 1. The molecule has 3 heteroatoms. The van der Waals surface area contributed by atoms with Gasteiger partial charge in [-0.1, -0.05) is 60.7 Å². The summed E-state index contributed by atoms with van der Waals surface area (Å²) in [4.78, 5) is 10.9. The highest BCUT2D eigenvalue weighted by Crippen LogP contribution is 2.26. The third-order valence-electron chi connectivity index (χ3n) is 3.99. The molecule has 0 aliphatic heterocycles. The van der Waals surface area contributed by atoms with Gasteiger partial charge in [0.25, 0.3) is 0 Å². The number of hydrogen-bond donors (Lipinski definition) is 1. The van der Waals surface area contributed by atoms with Crippen LogP contribution in [0.3, 0.4) is 0 Å². The lowest BCUT2D eigenvalue weighted by Crippen LogP contribution is -1.94. The Labute approximate surface area is 153 Å². The smallest absolute Gasteiger partial charge is 0.335 e. The molecule has 1 N–H and O–H groups in total. The molecule has 0 unspecified atom stereocenters. The molecule has 26 heavy (non-hydrogen) atoms. The molecular formula is C23H20O3. The highest BCUT2D eigenvalue weighted by atomic mass is 16.5. The van der Waals surface area contributed by atoms with E-state index < -0.39 is 5.97 Å². The van der Waals surface area contributed by atoms with Gasteiger partial charge in [-0.15, -0.1) is 0 Å². The summed E-state index contributed by atoms with van der Waals surface area (Å²) in [6, 6.07) is 24.7. The van der Waals surface area contributed by atoms with Crippen molar-refractivity contribution in [1.82, 2.24) is 0 Å². The lowest BCUT2D eigenvalue weighted by Gasteiger charge is -2.10. The highest BCUT2D eigenvalue weighted by molar-refractivity contribution is 5.87. The number of benzene rings is 3. The van der Waals surface area contributed by atoms with Crippen molar-refractivity contribution in [1.29, 1.82) is 0 Å². The minimum Gasteiger partial charge on any atom is -0.478 e. The molecule has 0 heterocycles. The van der Waals surface area contributed by atoms with Crippen LogP contribution in [0.1, 0.15) is 27.9 Å². The second-order valence-corrected chi connectivity index (χ2v) is 5.89. The molecule has 130 valence electrons. The van der Waals surface area contributed by atoms with E-state index in [2.05, 4.69) is 12.1 Å². The molecule has 0 aromatic heterocycles. The van der Waals surface area contributed by atoms with Crippen molar-refractivity contribution in [3.8, 4) is 11.5 Å². The van der Waals surface area contributed by atoms with E-state index in [-0.39, 0.29) is 0 Å². The Kier molecular flexibility index (Phi) is 5.84. The first-order chi connectivity index (χ1) is 12.7. The van der Waals surface area contributed by atoms with E-state index in [9.17, 15) is 4.79 Å². The van der Waals surface area contributed by atoms with Crippen LogP contribution in [0.15, 0.2) is 84.9 Å². The number of carboxylic acids is 1. The van der Waals surface area contributed by atoms with Gasteiger partial charge in [0.1, 0.15) is 11.5 Å². The maximum absolute atomic E-state index is 10.9. The fourth-order valence-corrected chi connectivity index (χ4v) is 2.62. The third-order valence-corrected chi connectivity index (χ3v) is 3.99. The summed E-state index contributed by atoms with van der Waals surface area (Å²) in [6.45, 7) is 0. The molecule has 0 saturated heterocycles. The van der Waals surface area contributed by atoms with Crippen LogP contribution in [0.25, 0.3) is 6.08 Å². The minimum atomic E-state index is -0.907. The van der Waals surface area contributed by atoms with Crippen LogP contribution in [0.4, 0.5) is 0 Å². The van der Waals surface area contributed by atoms with E-state index in [1.807, 2.05) is 66.7 Å². The summed E-state index contributed by atoms with van der Waals surface area (Å²) >= 11 is 0. The van der Waals surface area contributed by atoms with Crippen LogP contribution < -0.4 is 4.74 Å². The minimum absolute atomic E-state index is 0.300. The van der Waals surface area contributed by atoms with E-state index in [1.165, 1.54) is 0 Å². The van der Waals surface area contributed by atoms with Crippen LogP contribution in [0, 0.1) is 0 Å². The quantitative estimate of drug-likeness (QED) is 0.587. The fourth-order valence-electron chi connectivity index (χ4n) is 2.62. The van der Waals surface area contributed by atoms with Gasteiger partial charge in [0.2, 0.25) is 0 Å². The maximum Gasteiger partial charge on any atom is 0.335 e. The fraction of sp³-hybridized carbons (Fsp3) is 0.0870. The van der Waals surface area contributed by atoms with E-state index in [4.69, 9.17) is 9.84 Å². The van der Waals surface area contributed by atoms with Crippen molar-refractivity contribution in [2.45, 2.75) is 12.8 Å². The number of hydrogen-bond acceptors (Lipinski definition) is 2. The number of ether oxygens (including phenoxy) is 1. The van der Waals surface area contributed by atoms with E-state index >= 15 is 0 Å². The largest absolute Gasteiger partial charge is 0.478 e. The Balaban J connectivity index is 1.60. The van der Waals surface area contributed by atoms with Crippen molar-refractivity contribution in [2.24, 2.45) is 0 Å². The Bertz CT molecular complexity index is 881. The second-order valence-electron chi connectivity index (χ2n) is 5.89. The predicted molar refractivity (Wildman–Crippen MR) is 104 cm³/mol. The summed E-state index contributed by atoms with van der Waals surface area (Å²) in [5, 5.41) is 8.92. The molecular weight excluding hydrogens is 324 g/mol.